The molecule has 1 aliphatic rings. The lowest BCUT2D eigenvalue weighted by Crippen LogP contribution is -2.19. The maximum Gasteiger partial charge on any atom is 0.251 e. The molecule has 0 unspecified atom stereocenters. The Balaban J connectivity index is 1.86. The Kier molecular flexibility index (Phi) is 9.48. The summed E-state index contributed by atoms with van der Waals surface area (Å²) >= 11 is 1.63. The van der Waals surface area contributed by atoms with E-state index in [0.29, 0.717) is 5.92 Å². The minimum absolute atomic E-state index is 0.0188. The number of hydrogen-bond acceptors (Lipinski definition) is 2. The molecule has 0 heterocycles. The molecule has 0 aromatic heterocycles. The summed E-state index contributed by atoms with van der Waals surface area (Å²) in [6.45, 7) is 16.5. The second kappa shape index (κ2) is 11.6. The highest BCUT2D eigenvalue weighted by atomic mass is 32.2. The summed E-state index contributed by atoms with van der Waals surface area (Å²) in [5.41, 5.74) is 2.74. The summed E-state index contributed by atoms with van der Waals surface area (Å²) in [6.07, 6.45) is 10.8. The molecule has 2 rings (SSSR count). The van der Waals surface area contributed by atoms with Gasteiger partial charge in [-0.25, -0.2) is 0 Å². The minimum Gasteiger partial charge on any atom is -0.322 e. The number of hydrogen-bond donors (Lipinski definition) is 1. The van der Waals surface area contributed by atoms with Crippen LogP contribution in [0.15, 0.2) is 59.4 Å². The molecule has 1 aliphatic carbocycles. The zero-order valence-corrected chi connectivity index (χ0v) is 20.1. The van der Waals surface area contributed by atoms with E-state index < -0.39 is 0 Å². The van der Waals surface area contributed by atoms with Crippen molar-refractivity contribution in [2.24, 2.45) is 11.8 Å². The number of benzene rings is 1. The van der Waals surface area contributed by atoms with Gasteiger partial charge in [0, 0.05) is 11.3 Å². The van der Waals surface area contributed by atoms with Crippen molar-refractivity contribution >= 4 is 23.4 Å². The molecule has 164 valence electrons. The standard InChI is InChI=1S/C27H39NOS/c1-7-8-9-12-22-15-17-23(18-16-22)21(3)30-19-20(2)26(29)28-25-14-11-10-13-24(25)27(4,5)6/h7,10-11,13-14,19,22-23H,1,3,8-9,12,15-18H2,2,4-6H3,(H,28,29)/b20-19+. The molecule has 1 fully saturated rings. The Morgan fingerprint density at radius 3 is 2.50 bits per heavy atom. The molecule has 0 aliphatic heterocycles. The Labute approximate surface area is 188 Å². The summed E-state index contributed by atoms with van der Waals surface area (Å²) in [6, 6.07) is 8.05. The zero-order chi connectivity index (χ0) is 22.1. The molecule has 1 N–H and O–H groups in total. The van der Waals surface area contributed by atoms with E-state index in [1.165, 1.54) is 43.4 Å². The first kappa shape index (κ1) is 24.5. The first-order valence-electron chi connectivity index (χ1n) is 11.3. The van der Waals surface area contributed by atoms with Crippen molar-refractivity contribution in [3.05, 3.63) is 64.9 Å². The molecule has 1 saturated carbocycles. The topological polar surface area (TPSA) is 29.1 Å². The third-order valence-corrected chi connectivity index (χ3v) is 7.16. The Morgan fingerprint density at radius 2 is 1.87 bits per heavy atom. The highest BCUT2D eigenvalue weighted by Crippen LogP contribution is 2.39. The van der Waals surface area contributed by atoms with Crippen molar-refractivity contribution < 1.29 is 4.79 Å². The minimum atomic E-state index is -0.0436. The van der Waals surface area contributed by atoms with Crippen LogP contribution in [-0.2, 0) is 10.2 Å². The number of anilines is 1. The Hall–Kier alpha value is -1.74. The predicted octanol–water partition coefficient (Wildman–Crippen LogP) is 8.24. The van der Waals surface area contributed by atoms with Gasteiger partial charge in [0.15, 0.2) is 0 Å². The van der Waals surface area contributed by atoms with Crippen LogP contribution in [0.25, 0.3) is 0 Å². The molecule has 0 bridgehead atoms. The van der Waals surface area contributed by atoms with E-state index in [-0.39, 0.29) is 11.3 Å². The van der Waals surface area contributed by atoms with Crippen LogP contribution in [0.5, 0.6) is 0 Å². The lowest BCUT2D eigenvalue weighted by molar-refractivity contribution is -0.112. The van der Waals surface area contributed by atoms with Crippen molar-refractivity contribution in [2.45, 2.75) is 78.1 Å². The van der Waals surface area contributed by atoms with Gasteiger partial charge in [-0.15, -0.1) is 18.3 Å². The number of allylic oxidation sites excluding steroid dienone is 2. The largest absolute Gasteiger partial charge is 0.322 e. The van der Waals surface area contributed by atoms with Gasteiger partial charge in [0.05, 0.1) is 0 Å². The summed E-state index contributed by atoms with van der Waals surface area (Å²) in [5, 5.41) is 5.06. The van der Waals surface area contributed by atoms with E-state index in [1.54, 1.807) is 11.8 Å². The number of nitrogens with one attached hydrogen (secondary N) is 1. The molecular weight excluding hydrogens is 386 g/mol. The zero-order valence-electron chi connectivity index (χ0n) is 19.3. The van der Waals surface area contributed by atoms with Gasteiger partial charge in [-0.05, 0) is 84.6 Å². The van der Waals surface area contributed by atoms with Crippen molar-refractivity contribution in [3.8, 4) is 0 Å². The summed E-state index contributed by atoms with van der Waals surface area (Å²) < 4.78 is 0. The molecule has 0 atom stereocenters. The van der Waals surface area contributed by atoms with Crippen LogP contribution in [-0.4, -0.2) is 5.91 Å². The molecular formula is C27H39NOS. The van der Waals surface area contributed by atoms with E-state index in [1.807, 2.05) is 36.6 Å². The van der Waals surface area contributed by atoms with E-state index in [4.69, 9.17) is 0 Å². The third kappa shape index (κ3) is 7.50. The van der Waals surface area contributed by atoms with Gasteiger partial charge in [0.2, 0.25) is 0 Å². The maximum absolute atomic E-state index is 12.7. The Morgan fingerprint density at radius 1 is 1.20 bits per heavy atom. The molecule has 30 heavy (non-hydrogen) atoms. The lowest BCUT2D eigenvalue weighted by Gasteiger charge is -2.29. The van der Waals surface area contributed by atoms with Gasteiger partial charge in [-0.3, -0.25) is 4.79 Å². The lowest BCUT2D eigenvalue weighted by atomic mass is 9.80. The molecule has 0 spiro atoms. The molecule has 1 aromatic rings. The van der Waals surface area contributed by atoms with E-state index in [0.717, 1.165) is 29.2 Å². The number of unbranched alkanes of at least 4 members (excludes halogenated alkanes) is 1. The third-order valence-electron chi connectivity index (χ3n) is 6.05. The van der Waals surface area contributed by atoms with Crippen molar-refractivity contribution in [1.29, 1.82) is 0 Å². The average Bonchev–Trinajstić information content (AvgIpc) is 2.72. The first-order chi connectivity index (χ1) is 14.2. The van der Waals surface area contributed by atoms with Gasteiger partial charge < -0.3 is 5.32 Å². The van der Waals surface area contributed by atoms with E-state index >= 15 is 0 Å². The number of thioether (sulfide) groups is 1. The fraction of sp³-hybridized carbons (Fsp3) is 0.519. The first-order valence-corrected chi connectivity index (χ1v) is 12.1. The highest BCUT2D eigenvalue weighted by Gasteiger charge is 2.23. The van der Waals surface area contributed by atoms with Crippen LogP contribution < -0.4 is 5.32 Å². The fourth-order valence-corrected chi connectivity index (χ4v) is 4.97. The highest BCUT2D eigenvalue weighted by molar-refractivity contribution is 8.05. The number of carbonyl (C=O) groups is 1. The maximum atomic E-state index is 12.7. The summed E-state index contributed by atoms with van der Waals surface area (Å²) in [4.78, 5) is 13.9. The average molecular weight is 426 g/mol. The SMILES string of the molecule is C=CCCCC1CCC(C(=C)S/C=C(\C)C(=O)Nc2ccccc2C(C)(C)C)CC1. The van der Waals surface area contributed by atoms with Gasteiger partial charge in [-0.1, -0.05) is 58.0 Å². The smallest absolute Gasteiger partial charge is 0.251 e. The summed E-state index contributed by atoms with van der Waals surface area (Å²) in [5.74, 6) is 1.39. The quantitative estimate of drug-likeness (QED) is 0.245. The second-order valence-electron chi connectivity index (χ2n) is 9.57. The van der Waals surface area contributed by atoms with Gasteiger partial charge in [0.25, 0.3) is 5.91 Å². The molecule has 2 nitrogen and oxygen atoms in total. The van der Waals surface area contributed by atoms with E-state index in [9.17, 15) is 4.79 Å². The predicted molar refractivity (Wildman–Crippen MR) is 134 cm³/mol. The molecule has 0 radical (unpaired) electrons. The van der Waals surface area contributed by atoms with Crippen LogP contribution in [0.3, 0.4) is 0 Å². The van der Waals surface area contributed by atoms with Crippen LogP contribution >= 0.6 is 11.8 Å². The van der Waals surface area contributed by atoms with E-state index in [2.05, 4.69) is 45.3 Å². The monoisotopic (exact) mass is 425 g/mol. The van der Waals surface area contributed by atoms with Gasteiger partial charge in [0.1, 0.15) is 0 Å². The molecule has 1 aromatic carbocycles. The van der Waals surface area contributed by atoms with Crippen molar-refractivity contribution in [3.63, 3.8) is 0 Å². The van der Waals surface area contributed by atoms with Crippen LogP contribution in [0, 0.1) is 11.8 Å². The Bertz CT molecular complexity index is 763. The van der Waals surface area contributed by atoms with Crippen LogP contribution in [0.1, 0.15) is 78.2 Å². The van der Waals surface area contributed by atoms with Crippen molar-refractivity contribution in [2.75, 3.05) is 5.32 Å². The van der Waals surface area contributed by atoms with Gasteiger partial charge in [-0.2, -0.15) is 0 Å². The molecule has 1 amide bonds. The number of amides is 1. The fourth-order valence-electron chi connectivity index (χ4n) is 4.10. The second-order valence-corrected chi connectivity index (χ2v) is 10.6. The normalized spacial score (nSPS) is 19.9. The van der Waals surface area contributed by atoms with Crippen LogP contribution in [0.2, 0.25) is 0 Å². The number of carbonyl (C=O) groups excluding carboxylic acids is 1. The van der Waals surface area contributed by atoms with Crippen LogP contribution in [0.4, 0.5) is 5.69 Å². The summed E-state index contributed by atoms with van der Waals surface area (Å²) in [7, 11) is 0. The number of para-hydroxylation sites is 1. The number of rotatable bonds is 9. The van der Waals surface area contributed by atoms with Gasteiger partial charge >= 0.3 is 0 Å². The molecule has 3 heteroatoms. The molecule has 0 saturated heterocycles. The van der Waals surface area contributed by atoms with Crippen molar-refractivity contribution in [1.82, 2.24) is 0 Å².